The summed E-state index contributed by atoms with van der Waals surface area (Å²) in [5.41, 5.74) is 0.792. The van der Waals surface area contributed by atoms with Crippen LogP contribution in [0.25, 0.3) is 0 Å². The molecule has 3 aliphatic heterocycles. The molecule has 0 saturated carbocycles. The molecule has 0 spiro atoms. The van der Waals surface area contributed by atoms with Crippen LogP contribution in [-0.2, 0) is 14.3 Å². The number of hydrogen-bond donors (Lipinski definition) is 2. The fourth-order valence-corrected chi connectivity index (χ4v) is 4.17. The number of nitrogens with zero attached hydrogens (tertiary/aromatic N) is 2. The van der Waals surface area contributed by atoms with Crippen molar-refractivity contribution in [3.63, 3.8) is 0 Å². The highest BCUT2D eigenvalue weighted by Crippen LogP contribution is 2.41. The van der Waals surface area contributed by atoms with Gasteiger partial charge in [0, 0.05) is 6.04 Å². The second kappa shape index (κ2) is 6.60. The molecule has 4 atom stereocenters. The number of allylic oxidation sites excluding steroid dienone is 1. The van der Waals surface area contributed by atoms with Gasteiger partial charge in [0.15, 0.2) is 6.17 Å². The summed E-state index contributed by atoms with van der Waals surface area (Å²) in [7, 11) is 0. The topological polar surface area (TPSA) is 91.2 Å². The maximum atomic E-state index is 15.1. The highest BCUT2D eigenvalue weighted by Gasteiger charge is 2.47. The van der Waals surface area contributed by atoms with Crippen molar-refractivity contribution >= 4 is 17.6 Å². The van der Waals surface area contributed by atoms with Crippen LogP contribution in [0, 0.1) is 0 Å². The van der Waals surface area contributed by atoms with E-state index in [0.29, 0.717) is 17.9 Å². The molecule has 4 unspecified atom stereocenters. The maximum Gasteiger partial charge on any atom is 0.359 e. The summed E-state index contributed by atoms with van der Waals surface area (Å²) >= 11 is 0. The van der Waals surface area contributed by atoms with Crippen LogP contribution >= 0.6 is 0 Å². The standard InChI is InChI=1S/C19H22FN3O4/c1-3-10-6-5-9-7-11(20)16-17(14(9)21-10)27-8-13-12(4-2)22-15(19(25)26)18(24)23(13)16/h7-8,10-12,14,21H,3-6H2,1-2H3,(H,25,26). The zero-order valence-electron chi connectivity index (χ0n) is 15.2. The summed E-state index contributed by atoms with van der Waals surface area (Å²) in [6, 6.07) is -0.589. The smallest absolute Gasteiger partial charge is 0.359 e. The highest BCUT2D eigenvalue weighted by atomic mass is 19.1. The molecule has 4 rings (SSSR count). The van der Waals surface area contributed by atoms with Crippen LogP contribution in [0.3, 0.4) is 0 Å². The van der Waals surface area contributed by atoms with Gasteiger partial charge in [-0.15, -0.1) is 0 Å². The molecule has 1 fully saturated rings. The second-order valence-electron chi connectivity index (χ2n) is 7.14. The van der Waals surface area contributed by atoms with E-state index in [0.717, 1.165) is 24.8 Å². The van der Waals surface area contributed by atoms with Crippen molar-refractivity contribution in [2.75, 3.05) is 0 Å². The fourth-order valence-electron chi connectivity index (χ4n) is 4.17. The third-order valence-electron chi connectivity index (χ3n) is 5.61. The van der Waals surface area contributed by atoms with E-state index in [-0.39, 0.29) is 17.8 Å². The van der Waals surface area contributed by atoms with Crippen molar-refractivity contribution in [3.05, 3.63) is 35.1 Å². The number of aliphatic imine (C=N–C) groups is 1. The Bertz CT molecular complexity index is 829. The molecule has 8 heteroatoms. The number of amides is 1. The molecule has 3 heterocycles. The summed E-state index contributed by atoms with van der Waals surface area (Å²) < 4.78 is 20.9. The highest BCUT2D eigenvalue weighted by molar-refractivity contribution is 6.64. The molecule has 0 bridgehead atoms. The van der Waals surface area contributed by atoms with Crippen LogP contribution in [0.5, 0.6) is 0 Å². The van der Waals surface area contributed by atoms with Gasteiger partial charge in [-0.25, -0.2) is 9.18 Å². The Morgan fingerprint density at radius 2 is 2.22 bits per heavy atom. The van der Waals surface area contributed by atoms with Crippen LogP contribution in [0.4, 0.5) is 4.39 Å². The Balaban J connectivity index is 1.78. The molecule has 144 valence electrons. The number of halogens is 1. The molecular weight excluding hydrogens is 353 g/mol. The molecule has 27 heavy (non-hydrogen) atoms. The van der Waals surface area contributed by atoms with E-state index in [4.69, 9.17) is 4.74 Å². The molecular formula is C19H22FN3O4. The van der Waals surface area contributed by atoms with E-state index < -0.39 is 29.8 Å². The average Bonchev–Trinajstić information content (AvgIpc) is 2.67. The molecule has 0 aromatic rings. The number of carbonyl (C=O) groups excluding carboxylic acids is 1. The van der Waals surface area contributed by atoms with Crippen molar-refractivity contribution in [3.8, 4) is 0 Å². The number of piperidine rings is 1. The van der Waals surface area contributed by atoms with Crippen molar-refractivity contribution < 1.29 is 23.8 Å². The largest absolute Gasteiger partial charge is 0.476 e. The number of nitrogens with one attached hydrogen (secondary N) is 1. The predicted octanol–water partition coefficient (Wildman–Crippen LogP) is 2.02. The molecule has 1 aliphatic carbocycles. The minimum atomic E-state index is -1.54. The van der Waals surface area contributed by atoms with E-state index in [9.17, 15) is 14.7 Å². The van der Waals surface area contributed by atoms with Gasteiger partial charge in [-0.1, -0.05) is 13.8 Å². The molecule has 0 radical (unpaired) electrons. The summed E-state index contributed by atoms with van der Waals surface area (Å²) in [5.74, 6) is -1.89. The molecule has 1 saturated heterocycles. The molecule has 7 nitrogen and oxygen atoms in total. The molecule has 2 N–H and O–H groups in total. The van der Waals surface area contributed by atoms with Crippen molar-refractivity contribution in [2.45, 2.75) is 63.8 Å². The first-order valence-corrected chi connectivity index (χ1v) is 9.33. The summed E-state index contributed by atoms with van der Waals surface area (Å²) in [5, 5.41) is 12.8. The van der Waals surface area contributed by atoms with E-state index >= 15 is 4.39 Å². The lowest BCUT2D eigenvalue weighted by atomic mass is 9.84. The van der Waals surface area contributed by atoms with Crippen LogP contribution in [0.2, 0.25) is 0 Å². The zero-order chi connectivity index (χ0) is 19.3. The number of hydrogen-bond acceptors (Lipinski definition) is 5. The predicted molar refractivity (Wildman–Crippen MR) is 95.4 cm³/mol. The van der Waals surface area contributed by atoms with Gasteiger partial charge in [0.05, 0.1) is 17.8 Å². The average molecular weight is 375 g/mol. The Kier molecular flexibility index (Phi) is 4.38. The molecule has 0 aromatic heterocycles. The monoisotopic (exact) mass is 375 g/mol. The van der Waals surface area contributed by atoms with Crippen molar-refractivity contribution in [2.24, 2.45) is 4.99 Å². The Hall–Kier alpha value is -2.48. The third kappa shape index (κ3) is 2.70. The Morgan fingerprint density at radius 1 is 1.44 bits per heavy atom. The lowest BCUT2D eigenvalue weighted by Crippen LogP contribution is -2.53. The quantitative estimate of drug-likeness (QED) is 0.737. The number of ether oxygens (including phenoxy) is 1. The van der Waals surface area contributed by atoms with Gasteiger partial charge in [0.25, 0.3) is 5.91 Å². The number of rotatable bonds is 3. The zero-order valence-corrected chi connectivity index (χ0v) is 15.2. The van der Waals surface area contributed by atoms with E-state index in [1.54, 1.807) is 0 Å². The Morgan fingerprint density at radius 3 is 2.89 bits per heavy atom. The van der Waals surface area contributed by atoms with Gasteiger partial charge in [-0.3, -0.25) is 14.7 Å². The summed E-state index contributed by atoms with van der Waals surface area (Å²) in [4.78, 5) is 29.5. The number of carbonyl (C=O) groups is 2. The first-order valence-electron chi connectivity index (χ1n) is 9.33. The van der Waals surface area contributed by atoms with Gasteiger partial charge in [0.1, 0.15) is 17.7 Å². The normalized spacial score (nSPS) is 32.5. The van der Waals surface area contributed by atoms with E-state index in [1.165, 1.54) is 17.2 Å². The number of alkyl halides is 1. The summed E-state index contributed by atoms with van der Waals surface area (Å²) in [6.45, 7) is 3.91. The van der Waals surface area contributed by atoms with Gasteiger partial charge in [0.2, 0.25) is 5.71 Å². The lowest BCUT2D eigenvalue weighted by molar-refractivity contribution is -0.132. The van der Waals surface area contributed by atoms with Gasteiger partial charge >= 0.3 is 5.97 Å². The van der Waals surface area contributed by atoms with Gasteiger partial charge in [-0.05, 0) is 37.3 Å². The number of fused-ring (bicyclic) bond motifs is 4. The number of carboxylic acid groups (broad SMARTS) is 1. The van der Waals surface area contributed by atoms with Crippen LogP contribution in [0.1, 0.15) is 39.5 Å². The molecule has 1 amide bonds. The van der Waals surface area contributed by atoms with Crippen molar-refractivity contribution in [1.82, 2.24) is 10.2 Å². The first-order chi connectivity index (χ1) is 13.0. The van der Waals surface area contributed by atoms with E-state index in [1.807, 2.05) is 6.92 Å². The maximum absolute atomic E-state index is 15.1. The summed E-state index contributed by atoms with van der Waals surface area (Å²) in [6.07, 6.45) is 4.49. The molecule has 0 aromatic carbocycles. The minimum absolute atomic E-state index is 0.0719. The van der Waals surface area contributed by atoms with Crippen LogP contribution < -0.4 is 5.32 Å². The Labute approximate surface area is 156 Å². The van der Waals surface area contributed by atoms with Crippen LogP contribution in [-0.4, -0.2) is 51.9 Å². The number of carboxylic acids is 1. The van der Waals surface area contributed by atoms with Gasteiger partial charge in [-0.2, -0.15) is 0 Å². The lowest BCUT2D eigenvalue weighted by Gasteiger charge is -2.44. The third-order valence-corrected chi connectivity index (χ3v) is 5.61. The first kappa shape index (κ1) is 17.9. The minimum Gasteiger partial charge on any atom is -0.476 e. The second-order valence-corrected chi connectivity index (χ2v) is 7.14. The van der Waals surface area contributed by atoms with Crippen LogP contribution in [0.15, 0.2) is 40.1 Å². The molecule has 4 aliphatic rings. The number of aliphatic carboxylic acids is 1. The SMILES string of the molecule is CCC1CCC2=CC(F)C3=C(OC=C4C(CC)N=C(C(=O)O)C(=O)N43)C2N1. The van der Waals surface area contributed by atoms with Crippen molar-refractivity contribution in [1.29, 1.82) is 0 Å². The van der Waals surface area contributed by atoms with Gasteiger partial charge < -0.3 is 15.2 Å². The fraction of sp³-hybridized carbons (Fsp3) is 0.526. The van der Waals surface area contributed by atoms with E-state index in [2.05, 4.69) is 17.2 Å².